The Labute approximate surface area is 273 Å². The Kier molecular flexibility index (Phi) is 10.1. The number of amides is 2. The largest absolute Gasteiger partial charge is 0.508 e. The van der Waals surface area contributed by atoms with Gasteiger partial charge in [0.2, 0.25) is 5.91 Å². The predicted molar refractivity (Wildman–Crippen MR) is 180 cm³/mol. The van der Waals surface area contributed by atoms with E-state index in [0.29, 0.717) is 68.5 Å². The van der Waals surface area contributed by atoms with Crippen molar-refractivity contribution in [3.63, 3.8) is 0 Å². The number of rotatable bonds is 12. The molecule has 3 aromatic carbocycles. The lowest BCUT2D eigenvalue weighted by Gasteiger charge is -2.22. The quantitative estimate of drug-likeness (QED) is 0.151. The molecular weight excluding hydrogens is 613 g/mol. The maximum Gasteiger partial charge on any atom is 0.258 e. The number of nitrogens with zero attached hydrogens (tertiary/aromatic N) is 4. The number of hydrogen-bond donors (Lipinski definition) is 3. The second-order valence-corrected chi connectivity index (χ2v) is 12.5. The zero-order valence-corrected chi connectivity index (χ0v) is 27.3. The Hall–Kier alpha value is -3.95. The maximum atomic E-state index is 13.3. The number of carbonyl (C=O) groups is 2. The maximum absolute atomic E-state index is 13.3. The summed E-state index contributed by atoms with van der Waals surface area (Å²) in [6.07, 6.45) is 1.64. The first-order valence-electron chi connectivity index (χ1n) is 15.2. The number of phenolic OH excluding ortho intramolecular Hbond substituents is 2. The van der Waals surface area contributed by atoms with Crippen LogP contribution in [0.2, 0.25) is 0 Å². The van der Waals surface area contributed by atoms with Gasteiger partial charge in [0.15, 0.2) is 0 Å². The molecule has 1 aliphatic rings. The number of aromatic nitrogens is 2. The van der Waals surface area contributed by atoms with Crippen LogP contribution in [-0.2, 0) is 31.4 Å². The Morgan fingerprint density at radius 2 is 1.71 bits per heavy atom. The number of halogens is 2. The minimum atomic E-state index is -0.308. The number of hydrogen-bond acceptors (Lipinski definition) is 6. The first-order valence-corrected chi connectivity index (χ1v) is 16.3. The van der Waals surface area contributed by atoms with Crippen molar-refractivity contribution >= 4 is 57.4 Å². The Bertz CT molecular complexity index is 1710. The van der Waals surface area contributed by atoms with Crippen molar-refractivity contribution in [2.75, 3.05) is 35.1 Å². The first-order chi connectivity index (χ1) is 21.6. The summed E-state index contributed by atoms with van der Waals surface area (Å²) in [4.78, 5) is 34.8. The number of nitrogens with one attached hydrogen (secondary N) is 1. The number of aryl methyl sites for hydroxylation is 2. The van der Waals surface area contributed by atoms with Crippen LogP contribution in [0.25, 0.3) is 11.0 Å². The van der Waals surface area contributed by atoms with Gasteiger partial charge < -0.3 is 29.9 Å². The third-order valence-electron chi connectivity index (χ3n) is 8.33. The SMILES string of the molecule is CC(C)c1cc(C(=O)N2Cc3ccc(NC(=O)CCCc4nc5cc(N(CCCl)CCCl)ccc5n4C)cc3C2)c(O)cc1O. The van der Waals surface area contributed by atoms with Crippen molar-refractivity contribution in [3.8, 4) is 11.5 Å². The molecule has 0 bridgehead atoms. The number of imidazole rings is 1. The minimum Gasteiger partial charge on any atom is -0.508 e. The van der Waals surface area contributed by atoms with Gasteiger partial charge in [-0.2, -0.15) is 0 Å². The van der Waals surface area contributed by atoms with Gasteiger partial charge >= 0.3 is 0 Å². The lowest BCUT2D eigenvalue weighted by atomic mass is 9.98. The second-order valence-electron chi connectivity index (χ2n) is 11.8. The van der Waals surface area contributed by atoms with Crippen molar-refractivity contribution in [2.45, 2.75) is 52.1 Å². The molecule has 0 atom stereocenters. The third kappa shape index (κ3) is 7.15. The molecule has 9 nitrogen and oxygen atoms in total. The van der Waals surface area contributed by atoms with Gasteiger partial charge in [0.25, 0.3) is 5.91 Å². The molecule has 0 radical (unpaired) electrons. The molecule has 238 valence electrons. The van der Waals surface area contributed by atoms with Crippen LogP contribution in [0, 0.1) is 0 Å². The summed E-state index contributed by atoms with van der Waals surface area (Å²) < 4.78 is 2.07. The summed E-state index contributed by atoms with van der Waals surface area (Å²) in [6, 6.07) is 14.6. The van der Waals surface area contributed by atoms with Gasteiger partial charge in [-0.25, -0.2) is 4.98 Å². The van der Waals surface area contributed by atoms with E-state index in [-0.39, 0.29) is 34.8 Å². The van der Waals surface area contributed by atoms with E-state index in [0.717, 1.165) is 33.7 Å². The smallest absolute Gasteiger partial charge is 0.258 e. The monoisotopic (exact) mass is 651 g/mol. The van der Waals surface area contributed by atoms with E-state index in [2.05, 4.69) is 33.0 Å². The standard InChI is InChI=1S/C34H39Cl2N5O4/c1-21(2)26-17-27(31(43)18-30(26)42)34(45)41-19-22-7-8-24(15-23(22)20-41)37-33(44)6-4-5-32-38-28-16-25(9-10-29(28)39(32)3)40(13-11-35)14-12-36/h7-10,15-18,21,42-43H,4-6,11-14,19-20H2,1-3H3,(H,37,44). The lowest BCUT2D eigenvalue weighted by Crippen LogP contribution is -2.27. The van der Waals surface area contributed by atoms with E-state index in [4.69, 9.17) is 28.2 Å². The van der Waals surface area contributed by atoms with Crippen LogP contribution in [0.3, 0.4) is 0 Å². The molecule has 3 N–H and O–H groups in total. The van der Waals surface area contributed by atoms with Crippen LogP contribution in [-0.4, -0.2) is 61.3 Å². The van der Waals surface area contributed by atoms with Gasteiger partial charge in [-0.1, -0.05) is 19.9 Å². The normalized spacial score (nSPS) is 12.6. The molecule has 0 fully saturated rings. The highest BCUT2D eigenvalue weighted by Gasteiger charge is 2.27. The summed E-state index contributed by atoms with van der Waals surface area (Å²) in [5.74, 6) is 1.27. The Morgan fingerprint density at radius 3 is 2.42 bits per heavy atom. The lowest BCUT2D eigenvalue weighted by molar-refractivity contribution is -0.116. The Balaban J connectivity index is 1.17. The number of anilines is 2. The molecule has 2 amide bonds. The average molecular weight is 653 g/mol. The van der Waals surface area contributed by atoms with E-state index < -0.39 is 0 Å². The number of benzene rings is 3. The fourth-order valence-corrected chi connectivity index (χ4v) is 6.28. The molecule has 45 heavy (non-hydrogen) atoms. The Morgan fingerprint density at radius 1 is 0.978 bits per heavy atom. The average Bonchev–Trinajstić information content (AvgIpc) is 3.56. The summed E-state index contributed by atoms with van der Waals surface area (Å²) >= 11 is 12.0. The fourth-order valence-electron chi connectivity index (χ4n) is 5.88. The number of alkyl halides is 2. The van der Waals surface area contributed by atoms with Crippen molar-refractivity contribution in [1.29, 1.82) is 0 Å². The number of phenols is 2. The van der Waals surface area contributed by atoms with E-state index in [1.165, 1.54) is 6.07 Å². The highest BCUT2D eigenvalue weighted by molar-refractivity contribution is 6.18. The highest BCUT2D eigenvalue weighted by atomic mass is 35.5. The predicted octanol–water partition coefficient (Wildman–Crippen LogP) is 6.51. The van der Waals surface area contributed by atoms with Gasteiger partial charge in [0, 0.05) is 75.3 Å². The van der Waals surface area contributed by atoms with Crippen LogP contribution >= 0.6 is 23.2 Å². The molecule has 5 rings (SSSR count). The van der Waals surface area contributed by atoms with Gasteiger partial charge in [-0.3, -0.25) is 9.59 Å². The second kappa shape index (κ2) is 14.0. The summed E-state index contributed by atoms with van der Waals surface area (Å²) in [6.45, 7) is 6.01. The number of fused-ring (bicyclic) bond motifs is 2. The summed E-state index contributed by atoms with van der Waals surface area (Å²) in [5.41, 5.74) is 6.34. The van der Waals surface area contributed by atoms with Gasteiger partial charge in [-0.05, 0) is 65.4 Å². The number of aromatic hydroxyl groups is 2. The molecule has 4 aromatic rings. The summed E-state index contributed by atoms with van der Waals surface area (Å²) in [7, 11) is 1.99. The molecule has 1 aromatic heterocycles. The highest BCUT2D eigenvalue weighted by Crippen LogP contribution is 2.35. The van der Waals surface area contributed by atoms with Crippen LogP contribution in [0.15, 0.2) is 48.5 Å². The fraction of sp³-hybridized carbons (Fsp3) is 0.382. The summed E-state index contributed by atoms with van der Waals surface area (Å²) in [5, 5.41) is 23.5. The topological polar surface area (TPSA) is 111 Å². The first kappa shape index (κ1) is 32.4. The van der Waals surface area contributed by atoms with E-state index >= 15 is 0 Å². The zero-order chi connectivity index (χ0) is 32.2. The van der Waals surface area contributed by atoms with Gasteiger partial charge in [0.1, 0.15) is 17.3 Å². The molecule has 0 saturated heterocycles. The van der Waals surface area contributed by atoms with Crippen molar-refractivity contribution in [1.82, 2.24) is 14.5 Å². The van der Waals surface area contributed by atoms with Crippen LogP contribution in [0.5, 0.6) is 11.5 Å². The molecule has 1 aliphatic heterocycles. The third-order valence-corrected chi connectivity index (χ3v) is 8.67. The molecule has 0 aliphatic carbocycles. The van der Waals surface area contributed by atoms with E-state index in [1.54, 1.807) is 11.0 Å². The molecule has 11 heteroatoms. The van der Waals surface area contributed by atoms with Crippen molar-refractivity contribution in [2.24, 2.45) is 7.05 Å². The molecule has 0 unspecified atom stereocenters. The zero-order valence-electron chi connectivity index (χ0n) is 25.8. The van der Waals surface area contributed by atoms with E-state index in [1.807, 2.05) is 39.1 Å². The molecule has 0 spiro atoms. The van der Waals surface area contributed by atoms with Gasteiger partial charge in [0.05, 0.1) is 16.6 Å². The minimum absolute atomic E-state index is 0.00474. The van der Waals surface area contributed by atoms with Crippen LogP contribution < -0.4 is 10.2 Å². The van der Waals surface area contributed by atoms with Crippen molar-refractivity contribution < 1.29 is 19.8 Å². The van der Waals surface area contributed by atoms with Crippen LogP contribution in [0.4, 0.5) is 11.4 Å². The van der Waals surface area contributed by atoms with Crippen LogP contribution in [0.1, 0.15) is 65.5 Å². The molecule has 0 saturated carbocycles. The molecular formula is C34H39Cl2N5O4. The van der Waals surface area contributed by atoms with E-state index in [9.17, 15) is 19.8 Å². The van der Waals surface area contributed by atoms with Gasteiger partial charge in [-0.15, -0.1) is 23.2 Å². The molecule has 2 heterocycles. The number of carbonyl (C=O) groups excluding carboxylic acids is 2. The van der Waals surface area contributed by atoms with Crippen molar-refractivity contribution in [3.05, 3.63) is 76.6 Å².